The van der Waals surface area contributed by atoms with Crippen molar-refractivity contribution in [1.82, 2.24) is 5.32 Å². The molecule has 0 aromatic heterocycles. The number of amides is 1. The van der Waals surface area contributed by atoms with Crippen LogP contribution in [0.5, 0.6) is 11.5 Å². The van der Waals surface area contributed by atoms with Crippen LogP contribution in [-0.2, 0) is 17.8 Å². The maximum Gasteiger partial charge on any atom is 0.224 e. The van der Waals surface area contributed by atoms with Crippen molar-refractivity contribution in [1.29, 1.82) is 0 Å². The van der Waals surface area contributed by atoms with Gasteiger partial charge in [0.05, 0.1) is 11.4 Å². The largest absolute Gasteiger partial charge is 0.486 e. The minimum atomic E-state index is -0.324. The molecule has 2 aromatic rings. The number of carbonyl (C=O) groups excluding carboxylic acids is 1. The Kier molecular flexibility index (Phi) is 4.67. The normalized spacial score (nSPS) is 12.8. The second-order valence-electron chi connectivity index (χ2n) is 5.19. The molecule has 1 heterocycles. The van der Waals surface area contributed by atoms with Gasteiger partial charge in [-0.3, -0.25) is 4.79 Å². The van der Waals surface area contributed by atoms with Crippen molar-refractivity contribution in [2.75, 3.05) is 13.2 Å². The van der Waals surface area contributed by atoms with E-state index in [1.807, 2.05) is 0 Å². The second-order valence-corrected chi connectivity index (χ2v) is 5.59. The third kappa shape index (κ3) is 3.93. The number of ether oxygens (including phenoxy) is 2. The summed E-state index contributed by atoms with van der Waals surface area (Å²) in [6, 6.07) is 9.56. The van der Waals surface area contributed by atoms with Gasteiger partial charge in [-0.25, -0.2) is 4.39 Å². The van der Waals surface area contributed by atoms with Gasteiger partial charge in [-0.05, 0) is 35.4 Å². The van der Waals surface area contributed by atoms with Gasteiger partial charge >= 0.3 is 0 Å². The SMILES string of the molecule is O=C(Cc1cc(Cl)c2c(c1)OCCO2)NCc1cccc(F)c1. The molecule has 1 amide bonds. The summed E-state index contributed by atoms with van der Waals surface area (Å²) in [7, 11) is 0. The van der Waals surface area contributed by atoms with Crippen LogP contribution in [0.4, 0.5) is 4.39 Å². The van der Waals surface area contributed by atoms with E-state index in [9.17, 15) is 9.18 Å². The van der Waals surface area contributed by atoms with Crippen LogP contribution in [0.15, 0.2) is 36.4 Å². The van der Waals surface area contributed by atoms with Crippen molar-refractivity contribution in [3.8, 4) is 11.5 Å². The number of carbonyl (C=O) groups is 1. The van der Waals surface area contributed by atoms with Gasteiger partial charge in [0.15, 0.2) is 11.5 Å². The zero-order valence-electron chi connectivity index (χ0n) is 12.3. The first kappa shape index (κ1) is 15.6. The van der Waals surface area contributed by atoms with E-state index in [1.165, 1.54) is 12.1 Å². The van der Waals surface area contributed by atoms with E-state index in [0.717, 1.165) is 5.56 Å². The molecule has 0 saturated heterocycles. The Hall–Kier alpha value is -2.27. The predicted octanol–water partition coefficient (Wildman–Crippen LogP) is 3.11. The second kappa shape index (κ2) is 6.87. The quantitative estimate of drug-likeness (QED) is 0.934. The van der Waals surface area contributed by atoms with E-state index in [0.29, 0.717) is 35.3 Å². The molecule has 1 aliphatic heterocycles. The Morgan fingerprint density at radius 2 is 2.00 bits per heavy atom. The first-order valence-corrected chi connectivity index (χ1v) is 7.59. The molecule has 0 spiro atoms. The summed E-state index contributed by atoms with van der Waals surface area (Å²) >= 11 is 6.14. The van der Waals surface area contributed by atoms with Gasteiger partial charge in [0.25, 0.3) is 0 Å². The van der Waals surface area contributed by atoms with Gasteiger partial charge in [0.2, 0.25) is 5.91 Å². The standard InChI is InChI=1S/C17H15ClFNO3/c18-14-7-12(8-15-17(14)23-5-4-22-15)9-16(21)20-10-11-2-1-3-13(19)6-11/h1-3,6-8H,4-5,9-10H2,(H,20,21). The summed E-state index contributed by atoms with van der Waals surface area (Å²) in [5, 5.41) is 3.18. The number of hydrogen-bond acceptors (Lipinski definition) is 3. The third-order valence-corrected chi connectivity index (χ3v) is 3.68. The molecular formula is C17H15ClFNO3. The Morgan fingerprint density at radius 1 is 1.17 bits per heavy atom. The van der Waals surface area contributed by atoms with Crippen LogP contribution in [0.1, 0.15) is 11.1 Å². The van der Waals surface area contributed by atoms with E-state index in [1.54, 1.807) is 24.3 Å². The van der Waals surface area contributed by atoms with Crippen molar-refractivity contribution in [2.24, 2.45) is 0 Å². The first-order valence-electron chi connectivity index (χ1n) is 7.21. The summed E-state index contributed by atoms with van der Waals surface area (Å²) in [6.45, 7) is 1.19. The highest BCUT2D eigenvalue weighted by molar-refractivity contribution is 6.32. The maximum absolute atomic E-state index is 13.1. The minimum Gasteiger partial charge on any atom is -0.486 e. The van der Waals surface area contributed by atoms with E-state index >= 15 is 0 Å². The lowest BCUT2D eigenvalue weighted by atomic mass is 10.1. The lowest BCUT2D eigenvalue weighted by Gasteiger charge is -2.20. The number of rotatable bonds is 4. The monoisotopic (exact) mass is 335 g/mol. The van der Waals surface area contributed by atoms with E-state index in [-0.39, 0.29) is 24.7 Å². The molecule has 1 aliphatic rings. The van der Waals surface area contributed by atoms with Gasteiger partial charge in [0.1, 0.15) is 19.0 Å². The van der Waals surface area contributed by atoms with E-state index in [2.05, 4.69) is 5.32 Å². The number of benzene rings is 2. The fraction of sp³-hybridized carbons (Fsp3) is 0.235. The number of fused-ring (bicyclic) bond motifs is 1. The highest BCUT2D eigenvalue weighted by Gasteiger charge is 2.17. The fourth-order valence-electron chi connectivity index (χ4n) is 2.36. The van der Waals surface area contributed by atoms with Crippen LogP contribution < -0.4 is 14.8 Å². The van der Waals surface area contributed by atoms with Crippen LogP contribution in [0.3, 0.4) is 0 Å². The Labute approximate surface area is 138 Å². The molecule has 0 radical (unpaired) electrons. The Morgan fingerprint density at radius 3 is 2.83 bits per heavy atom. The lowest BCUT2D eigenvalue weighted by Crippen LogP contribution is -2.24. The van der Waals surface area contributed by atoms with E-state index in [4.69, 9.17) is 21.1 Å². The number of halogens is 2. The molecule has 3 rings (SSSR count). The van der Waals surface area contributed by atoms with Gasteiger partial charge in [-0.15, -0.1) is 0 Å². The van der Waals surface area contributed by atoms with Gasteiger partial charge in [-0.2, -0.15) is 0 Å². The first-order chi connectivity index (χ1) is 11.1. The molecule has 0 fully saturated rings. The maximum atomic E-state index is 13.1. The van der Waals surface area contributed by atoms with Gasteiger partial charge < -0.3 is 14.8 Å². The van der Waals surface area contributed by atoms with Crippen LogP contribution in [0.25, 0.3) is 0 Å². The Bertz CT molecular complexity index is 736. The summed E-state index contributed by atoms with van der Waals surface area (Å²) in [4.78, 5) is 12.0. The van der Waals surface area contributed by atoms with Crippen LogP contribution in [0.2, 0.25) is 5.02 Å². The lowest BCUT2D eigenvalue weighted by molar-refractivity contribution is -0.120. The van der Waals surface area contributed by atoms with Gasteiger partial charge in [0, 0.05) is 6.54 Å². The zero-order valence-corrected chi connectivity index (χ0v) is 13.0. The summed E-state index contributed by atoms with van der Waals surface area (Å²) in [5.74, 6) is 0.566. The summed E-state index contributed by atoms with van der Waals surface area (Å²) in [6.07, 6.45) is 0.158. The number of hydrogen-bond donors (Lipinski definition) is 1. The average Bonchev–Trinajstić information content (AvgIpc) is 2.53. The van der Waals surface area contributed by atoms with E-state index < -0.39 is 0 Å². The molecular weight excluding hydrogens is 321 g/mol. The molecule has 0 bridgehead atoms. The van der Waals surface area contributed by atoms with Crippen LogP contribution in [0, 0.1) is 5.82 Å². The predicted molar refractivity (Wildman–Crippen MR) is 84.4 cm³/mol. The van der Waals surface area contributed by atoms with Crippen molar-refractivity contribution in [3.63, 3.8) is 0 Å². The smallest absolute Gasteiger partial charge is 0.224 e. The minimum absolute atomic E-state index is 0.158. The molecule has 4 nitrogen and oxygen atoms in total. The fourth-order valence-corrected chi connectivity index (χ4v) is 2.65. The van der Waals surface area contributed by atoms with Gasteiger partial charge in [-0.1, -0.05) is 23.7 Å². The molecule has 0 unspecified atom stereocenters. The van der Waals surface area contributed by atoms with Crippen molar-refractivity contribution in [2.45, 2.75) is 13.0 Å². The molecule has 0 atom stereocenters. The molecule has 6 heteroatoms. The molecule has 0 aliphatic carbocycles. The van der Waals surface area contributed by atoms with Crippen LogP contribution in [-0.4, -0.2) is 19.1 Å². The third-order valence-electron chi connectivity index (χ3n) is 3.40. The van der Waals surface area contributed by atoms with Crippen molar-refractivity contribution >= 4 is 17.5 Å². The highest BCUT2D eigenvalue weighted by atomic mass is 35.5. The molecule has 1 N–H and O–H groups in total. The topological polar surface area (TPSA) is 47.6 Å². The number of nitrogens with one attached hydrogen (secondary N) is 1. The molecule has 2 aromatic carbocycles. The van der Waals surface area contributed by atoms with Crippen molar-refractivity contribution < 1.29 is 18.7 Å². The molecule has 0 saturated carbocycles. The zero-order chi connectivity index (χ0) is 16.2. The van der Waals surface area contributed by atoms with Crippen LogP contribution >= 0.6 is 11.6 Å². The highest BCUT2D eigenvalue weighted by Crippen LogP contribution is 2.38. The Balaban J connectivity index is 1.63. The molecule has 120 valence electrons. The summed E-state index contributed by atoms with van der Waals surface area (Å²) < 4.78 is 24.0. The molecule has 23 heavy (non-hydrogen) atoms. The summed E-state index contributed by atoms with van der Waals surface area (Å²) in [5.41, 5.74) is 1.44. The van der Waals surface area contributed by atoms with Crippen molar-refractivity contribution in [3.05, 3.63) is 58.4 Å². The average molecular weight is 336 g/mol.